The molecule has 0 unspecified atom stereocenters. The number of nitrogens with zero attached hydrogens (tertiary/aromatic N) is 4. The van der Waals surface area contributed by atoms with E-state index >= 15 is 0 Å². The molecule has 0 aliphatic heterocycles. The molecule has 0 N–H and O–H groups in total. The second kappa shape index (κ2) is 12.3. The first kappa shape index (κ1) is 25.3. The Balaban J connectivity index is 1.49. The van der Waals surface area contributed by atoms with E-state index in [0.717, 1.165) is 17.7 Å². The second-order valence-corrected chi connectivity index (χ2v) is 9.34. The van der Waals surface area contributed by atoms with Crippen LogP contribution in [0.5, 0.6) is 16.7 Å². The van der Waals surface area contributed by atoms with Crippen molar-refractivity contribution in [3.05, 3.63) is 101 Å². The van der Waals surface area contributed by atoms with Crippen LogP contribution in [0.25, 0.3) is 0 Å². The lowest BCUT2D eigenvalue weighted by Gasteiger charge is -2.25. The van der Waals surface area contributed by atoms with Crippen molar-refractivity contribution in [2.45, 2.75) is 13.0 Å². The third kappa shape index (κ3) is 6.90. The highest BCUT2D eigenvalue weighted by atomic mass is 32.1. The molecular formula is C28H30N4O3S. The molecule has 1 amide bonds. The van der Waals surface area contributed by atoms with Gasteiger partial charge in [0.1, 0.15) is 0 Å². The summed E-state index contributed by atoms with van der Waals surface area (Å²) in [6.45, 7) is 1.90. The van der Waals surface area contributed by atoms with Gasteiger partial charge in [-0.15, -0.1) is 0 Å². The molecule has 8 heteroatoms. The zero-order valence-electron chi connectivity index (χ0n) is 20.8. The van der Waals surface area contributed by atoms with Crippen molar-refractivity contribution < 1.29 is 14.3 Å². The summed E-state index contributed by atoms with van der Waals surface area (Å²) in [5.41, 5.74) is 2.76. The molecule has 0 spiro atoms. The van der Waals surface area contributed by atoms with E-state index in [-0.39, 0.29) is 5.91 Å². The van der Waals surface area contributed by atoms with Gasteiger partial charge in [-0.1, -0.05) is 60.7 Å². The van der Waals surface area contributed by atoms with Crippen LogP contribution in [0.2, 0.25) is 0 Å². The standard InChI is InChI=1S/C28H30N4O3S/c1-31(2)16-17-32(20-22-12-8-5-9-13-22)27(33)23-14-15-24(25(19-23)34-3)35-28-29-26(30-36-28)18-21-10-6-4-7-11-21/h4-15,19H,16-18,20H2,1-3H3. The fraction of sp³-hybridized carbons (Fsp3) is 0.250. The number of hydrogen-bond donors (Lipinski definition) is 0. The van der Waals surface area contributed by atoms with Gasteiger partial charge in [-0.2, -0.15) is 9.36 Å². The molecule has 0 aliphatic carbocycles. The van der Waals surface area contributed by atoms with Crippen molar-refractivity contribution in [2.24, 2.45) is 0 Å². The number of carbonyl (C=O) groups excluding carboxylic acids is 1. The number of amides is 1. The number of benzene rings is 3. The van der Waals surface area contributed by atoms with E-state index in [0.29, 0.717) is 47.6 Å². The number of carbonyl (C=O) groups is 1. The smallest absolute Gasteiger partial charge is 0.298 e. The van der Waals surface area contributed by atoms with Crippen LogP contribution in [-0.2, 0) is 13.0 Å². The molecule has 186 valence electrons. The molecule has 0 aliphatic rings. The van der Waals surface area contributed by atoms with Crippen molar-refractivity contribution in [2.75, 3.05) is 34.3 Å². The highest BCUT2D eigenvalue weighted by Crippen LogP contribution is 2.33. The summed E-state index contributed by atoms with van der Waals surface area (Å²) in [4.78, 5) is 21.9. The van der Waals surface area contributed by atoms with Gasteiger partial charge in [0.15, 0.2) is 17.3 Å². The fourth-order valence-corrected chi connectivity index (χ4v) is 4.23. The first-order valence-electron chi connectivity index (χ1n) is 11.7. The summed E-state index contributed by atoms with van der Waals surface area (Å²) in [7, 11) is 5.56. The number of rotatable bonds is 11. The van der Waals surface area contributed by atoms with Crippen LogP contribution in [-0.4, -0.2) is 59.4 Å². The van der Waals surface area contributed by atoms with E-state index in [9.17, 15) is 4.79 Å². The van der Waals surface area contributed by atoms with Gasteiger partial charge in [-0.25, -0.2) is 0 Å². The molecule has 1 heterocycles. The van der Waals surface area contributed by atoms with Crippen LogP contribution >= 0.6 is 11.5 Å². The molecule has 0 atom stereocenters. The largest absolute Gasteiger partial charge is 0.493 e. The Morgan fingerprint density at radius 3 is 2.25 bits per heavy atom. The topological polar surface area (TPSA) is 67.8 Å². The molecule has 1 aromatic heterocycles. The Morgan fingerprint density at radius 2 is 1.58 bits per heavy atom. The minimum atomic E-state index is -0.0633. The summed E-state index contributed by atoms with van der Waals surface area (Å²) < 4.78 is 15.9. The minimum absolute atomic E-state index is 0.0633. The summed E-state index contributed by atoms with van der Waals surface area (Å²) >= 11 is 1.19. The van der Waals surface area contributed by atoms with Crippen LogP contribution in [0.4, 0.5) is 0 Å². The van der Waals surface area contributed by atoms with Gasteiger partial charge in [0.25, 0.3) is 11.1 Å². The van der Waals surface area contributed by atoms with Crippen LogP contribution in [0.1, 0.15) is 27.3 Å². The molecule has 7 nitrogen and oxygen atoms in total. The molecule has 0 saturated carbocycles. The van der Waals surface area contributed by atoms with E-state index < -0.39 is 0 Å². The van der Waals surface area contributed by atoms with Crippen molar-refractivity contribution in [1.29, 1.82) is 0 Å². The Morgan fingerprint density at radius 1 is 0.889 bits per heavy atom. The fourth-order valence-electron chi connectivity index (χ4n) is 3.67. The number of hydrogen-bond acceptors (Lipinski definition) is 7. The Kier molecular flexibility index (Phi) is 8.65. The Labute approximate surface area is 216 Å². The van der Waals surface area contributed by atoms with E-state index in [1.54, 1.807) is 25.3 Å². The van der Waals surface area contributed by atoms with Gasteiger partial charge < -0.3 is 19.3 Å². The van der Waals surface area contributed by atoms with Crippen LogP contribution < -0.4 is 9.47 Å². The maximum Gasteiger partial charge on any atom is 0.298 e. The van der Waals surface area contributed by atoms with Gasteiger partial charge in [0.2, 0.25) is 0 Å². The highest BCUT2D eigenvalue weighted by Gasteiger charge is 2.19. The maximum atomic E-state index is 13.5. The van der Waals surface area contributed by atoms with Crippen molar-refractivity contribution >= 4 is 17.4 Å². The molecule has 0 radical (unpaired) electrons. The number of ether oxygens (including phenoxy) is 2. The van der Waals surface area contributed by atoms with E-state index in [1.165, 1.54) is 11.5 Å². The molecule has 0 saturated heterocycles. The van der Waals surface area contributed by atoms with Crippen molar-refractivity contribution in [3.63, 3.8) is 0 Å². The first-order chi connectivity index (χ1) is 17.5. The van der Waals surface area contributed by atoms with E-state index in [4.69, 9.17) is 9.47 Å². The quantitative estimate of drug-likeness (QED) is 0.283. The number of methoxy groups -OCH3 is 1. The number of aromatic nitrogens is 2. The van der Waals surface area contributed by atoms with Gasteiger partial charge in [-0.05, 0) is 43.4 Å². The lowest BCUT2D eigenvalue weighted by molar-refractivity contribution is 0.0731. The molecule has 0 bridgehead atoms. The van der Waals surface area contributed by atoms with Gasteiger partial charge in [0, 0.05) is 43.2 Å². The third-order valence-electron chi connectivity index (χ3n) is 5.58. The lowest BCUT2D eigenvalue weighted by Crippen LogP contribution is -2.36. The summed E-state index contributed by atoms with van der Waals surface area (Å²) in [6.07, 6.45) is 0.634. The molecule has 3 aromatic carbocycles. The van der Waals surface area contributed by atoms with Crippen molar-refractivity contribution in [3.8, 4) is 16.7 Å². The Bertz CT molecular complexity index is 1260. The minimum Gasteiger partial charge on any atom is -0.493 e. The molecule has 36 heavy (non-hydrogen) atoms. The molecular weight excluding hydrogens is 472 g/mol. The first-order valence-corrected chi connectivity index (χ1v) is 12.5. The molecule has 0 fully saturated rings. The molecule has 4 rings (SSSR count). The van der Waals surface area contributed by atoms with Crippen LogP contribution in [0, 0.1) is 0 Å². The molecule has 4 aromatic rings. The summed E-state index contributed by atoms with van der Waals surface area (Å²) in [5, 5.41) is 0.426. The lowest BCUT2D eigenvalue weighted by atomic mass is 10.1. The Hall–Kier alpha value is -3.75. The van der Waals surface area contributed by atoms with E-state index in [1.807, 2.05) is 79.7 Å². The van der Waals surface area contributed by atoms with Gasteiger partial charge in [-0.3, -0.25) is 4.79 Å². The van der Waals surface area contributed by atoms with Gasteiger partial charge >= 0.3 is 0 Å². The monoisotopic (exact) mass is 502 g/mol. The zero-order chi connectivity index (χ0) is 25.3. The predicted molar refractivity (Wildman–Crippen MR) is 142 cm³/mol. The average molecular weight is 503 g/mol. The second-order valence-electron chi connectivity index (χ2n) is 8.62. The predicted octanol–water partition coefficient (Wildman–Crippen LogP) is 5.13. The van der Waals surface area contributed by atoms with Gasteiger partial charge in [0.05, 0.1) is 7.11 Å². The van der Waals surface area contributed by atoms with Crippen molar-refractivity contribution in [1.82, 2.24) is 19.2 Å². The maximum absolute atomic E-state index is 13.5. The summed E-state index contributed by atoms with van der Waals surface area (Å²) in [5.74, 6) is 1.59. The van der Waals surface area contributed by atoms with Crippen LogP contribution in [0.15, 0.2) is 78.9 Å². The average Bonchev–Trinajstić information content (AvgIpc) is 3.34. The SMILES string of the molecule is COc1cc(C(=O)N(CCN(C)C)Cc2ccccc2)ccc1Oc1nc(Cc2ccccc2)ns1. The highest BCUT2D eigenvalue weighted by molar-refractivity contribution is 7.07. The zero-order valence-corrected chi connectivity index (χ0v) is 21.6. The number of likely N-dealkylation sites (N-methyl/N-ethyl adjacent to an activating group) is 1. The summed E-state index contributed by atoms with van der Waals surface area (Å²) in [6, 6.07) is 25.3. The normalized spacial score (nSPS) is 10.9. The van der Waals surface area contributed by atoms with E-state index in [2.05, 4.69) is 14.3 Å². The third-order valence-corrected chi connectivity index (χ3v) is 6.22. The van der Waals surface area contributed by atoms with Crippen LogP contribution in [0.3, 0.4) is 0 Å².